The van der Waals surface area contributed by atoms with Gasteiger partial charge in [0.2, 0.25) is 5.89 Å². The molecule has 0 saturated carbocycles. The van der Waals surface area contributed by atoms with Crippen LogP contribution in [-0.4, -0.2) is 23.2 Å². The van der Waals surface area contributed by atoms with Crippen LogP contribution < -0.4 is 5.32 Å². The molecule has 1 unspecified atom stereocenters. The van der Waals surface area contributed by atoms with E-state index in [9.17, 15) is 8.78 Å². The van der Waals surface area contributed by atoms with Crippen LogP contribution in [-0.2, 0) is 6.42 Å². The Hall–Kier alpha value is -1.82. The molecule has 6 heteroatoms. The first-order chi connectivity index (χ1) is 9.22. The highest BCUT2D eigenvalue weighted by atomic mass is 19.1. The van der Waals surface area contributed by atoms with Gasteiger partial charge in [0.05, 0.1) is 5.92 Å². The predicted octanol–water partition coefficient (Wildman–Crippen LogP) is 2.02. The van der Waals surface area contributed by atoms with Crippen LogP contribution >= 0.6 is 0 Å². The van der Waals surface area contributed by atoms with Gasteiger partial charge >= 0.3 is 0 Å². The van der Waals surface area contributed by atoms with Gasteiger partial charge < -0.3 is 9.84 Å². The zero-order chi connectivity index (χ0) is 13.2. The molecule has 1 N–H and O–H groups in total. The lowest BCUT2D eigenvalue weighted by Crippen LogP contribution is -2.08. The van der Waals surface area contributed by atoms with E-state index in [1.807, 2.05) is 0 Å². The minimum atomic E-state index is -0.591. The standard InChI is InChI=1S/C13H13F2N3O/c14-10-2-1-8(11(15)6-10)5-12-17-13(19-18-12)9-3-4-16-7-9/h1-2,6,9,16H,3-5,7H2. The Balaban J connectivity index is 1.76. The molecule has 2 heterocycles. The van der Waals surface area contributed by atoms with E-state index in [0.29, 0.717) is 17.3 Å². The summed E-state index contributed by atoms with van der Waals surface area (Å²) in [5.74, 6) is 0.0650. The summed E-state index contributed by atoms with van der Waals surface area (Å²) < 4.78 is 31.5. The normalized spacial score (nSPS) is 18.9. The van der Waals surface area contributed by atoms with Crippen LogP contribution in [0.25, 0.3) is 0 Å². The second kappa shape index (κ2) is 5.05. The number of nitrogens with zero attached hydrogens (tertiary/aromatic N) is 2. The maximum Gasteiger partial charge on any atom is 0.231 e. The van der Waals surface area contributed by atoms with Gasteiger partial charge in [0.15, 0.2) is 5.82 Å². The largest absolute Gasteiger partial charge is 0.339 e. The first kappa shape index (κ1) is 12.2. The highest BCUT2D eigenvalue weighted by Gasteiger charge is 2.22. The number of halogens is 2. The number of hydrogen-bond acceptors (Lipinski definition) is 4. The van der Waals surface area contributed by atoms with Crippen molar-refractivity contribution in [3.8, 4) is 0 Å². The summed E-state index contributed by atoms with van der Waals surface area (Å²) in [4.78, 5) is 4.27. The van der Waals surface area contributed by atoms with E-state index in [4.69, 9.17) is 4.52 Å². The highest BCUT2D eigenvalue weighted by molar-refractivity contribution is 5.21. The molecule has 1 fully saturated rings. The van der Waals surface area contributed by atoms with Crippen molar-refractivity contribution in [2.75, 3.05) is 13.1 Å². The summed E-state index contributed by atoms with van der Waals surface area (Å²) in [6, 6.07) is 3.48. The molecule has 0 radical (unpaired) electrons. The number of aromatic nitrogens is 2. The summed E-state index contributed by atoms with van der Waals surface area (Å²) in [6.07, 6.45) is 1.17. The van der Waals surface area contributed by atoms with Crippen LogP contribution in [0.3, 0.4) is 0 Å². The van der Waals surface area contributed by atoms with Crippen LogP contribution in [0.2, 0.25) is 0 Å². The van der Waals surface area contributed by atoms with Gasteiger partial charge in [-0.3, -0.25) is 0 Å². The molecule has 1 aliphatic heterocycles. The fraction of sp³-hybridized carbons (Fsp3) is 0.385. The quantitative estimate of drug-likeness (QED) is 0.922. The highest BCUT2D eigenvalue weighted by Crippen LogP contribution is 2.21. The lowest BCUT2D eigenvalue weighted by Gasteiger charge is -2.00. The van der Waals surface area contributed by atoms with Gasteiger partial charge in [-0.25, -0.2) is 8.78 Å². The second-order valence-corrected chi connectivity index (χ2v) is 4.65. The van der Waals surface area contributed by atoms with E-state index in [-0.39, 0.29) is 12.3 Å². The summed E-state index contributed by atoms with van der Waals surface area (Å²) in [7, 11) is 0. The maximum absolute atomic E-state index is 13.5. The monoisotopic (exact) mass is 265 g/mol. The van der Waals surface area contributed by atoms with E-state index in [1.54, 1.807) is 0 Å². The van der Waals surface area contributed by atoms with Crippen molar-refractivity contribution in [1.82, 2.24) is 15.5 Å². The number of benzene rings is 1. The maximum atomic E-state index is 13.5. The van der Waals surface area contributed by atoms with Gasteiger partial charge in [-0.2, -0.15) is 4.98 Å². The zero-order valence-electron chi connectivity index (χ0n) is 10.2. The molecule has 19 heavy (non-hydrogen) atoms. The fourth-order valence-corrected chi connectivity index (χ4v) is 2.21. The topological polar surface area (TPSA) is 51.0 Å². The first-order valence-electron chi connectivity index (χ1n) is 6.19. The lowest BCUT2D eigenvalue weighted by atomic mass is 10.1. The van der Waals surface area contributed by atoms with Crippen LogP contribution in [0, 0.1) is 11.6 Å². The van der Waals surface area contributed by atoms with E-state index in [2.05, 4.69) is 15.5 Å². The summed E-state index contributed by atoms with van der Waals surface area (Å²) in [5.41, 5.74) is 0.360. The summed E-state index contributed by atoms with van der Waals surface area (Å²) >= 11 is 0. The van der Waals surface area contributed by atoms with Gasteiger partial charge in [0, 0.05) is 19.0 Å². The molecular formula is C13H13F2N3O. The third-order valence-electron chi connectivity index (χ3n) is 3.26. The van der Waals surface area contributed by atoms with Crippen LogP contribution in [0.5, 0.6) is 0 Å². The van der Waals surface area contributed by atoms with Crippen molar-refractivity contribution >= 4 is 0 Å². The average Bonchev–Trinajstić information content (AvgIpc) is 3.03. The number of hydrogen-bond donors (Lipinski definition) is 1. The van der Waals surface area contributed by atoms with Gasteiger partial charge in [-0.15, -0.1) is 0 Å². The van der Waals surface area contributed by atoms with Gasteiger partial charge in [0.25, 0.3) is 0 Å². The van der Waals surface area contributed by atoms with E-state index in [0.717, 1.165) is 25.6 Å². The minimum Gasteiger partial charge on any atom is -0.339 e. The zero-order valence-corrected chi connectivity index (χ0v) is 10.2. The first-order valence-corrected chi connectivity index (χ1v) is 6.19. The van der Waals surface area contributed by atoms with Crippen molar-refractivity contribution in [3.05, 3.63) is 47.1 Å². The molecule has 100 valence electrons. The summed E-state index contributed by atoms with van der Waals surface area (Å²) in [5, 5.41) is 7.06. The SMILES string of the molecule is Fc1ccc(Cc2noc(C3CCNC3)n2)c(F)c1. The molecule has 1 atom stereocenters. The van der Waals surface area contributed by atoms with Crippen LogP contribution in [0.15, 0.2) is 22.7 Å². The fourth-order valence-electron chi connectivity index (χ4n) is 2.21. The van der Waals surface area contributed by atoms with Gasteiger partial charge in [0.1, 0.15) is 11.6 Å². The Kier molecular flexibility index (Phi) is 3.25. The molecule has 3 rings (SSSR count). The molecular weight excluding hydrogens is 252 g/mol. The van der Waals surface area contributed by atoms with Gasteiger partial charge in [-0.1, -0.05) is 11.2 Å². The molecule has 2 aromatic rings. The van der Waals surface area contributed by atoms with E-state index < -0.39 is 11.6 Å². The van der Waals surface area contributed by atoms with Crippen molar-refractivity contribution in [3.63, 3.8) is 0 Å². The predicted molar refractivity (Wildman–Crippen MR) is 63.7 cm³/mol. The van der Waals surface area contributed by atoms with E-state index >= 15 is 0 Å². The van der Waals surface area contributed by atoms with Crippen molar-refractivity contribution in [1.29, 1.82) is 0 Å². The third-order valence-corrected chi connectivity index (χ3v) is 3.26. The van der Waals surface area contributed by atoms with Crippen molar-refractivity contribution in [2.24, 2.45) is 0 Å². The average molecular weight is 265 g/mol. The Morgan fingerprint density at radius 1 is 1.37 bits per heavy atom. The Morgan fingerprint density at radius 3 is 3.00 bits per heavy atom. The molecule has 1 aromatic heterocycles. The third kappa shape index (κ3) is 2.63. The summed E-state index contributed by atoms with van der Waals surface area (Å²) in [6.45, 7) is 1.77. The van der Waals surface area contributed by atoms with Crippen molar-refractivity contribution < 1.29 is 13.3 Å². The molecule has 0 spiro atoms. The Labute approximate surface area is 108 Å². The van der Waals surface area contributed by atoms with Gasteiger partial charge in [-0.05, 0) is 24.6 Å². The molecule has 4 nitrogen and oxygen atoms in total. The Morgan fingerprint density at radius 2 is 2.26 bits per heavy atom. The molecule has 0 amide bonds. The minimum absolute atomic E-state index is 0.204. The van der Waals surface area contributed by atoms with Crippen molar-refractivity contribution in [2.45, 2.75) is 18.8 Å². The molecule has 1 aromatic carbocycles. The molecule has 0 aliphatic carbocycles. The molecule has 0 bridgehead atoms. The Bertz CT molecular complexity index is 579. The smallest absolute Gasteiger partial charge is 0.231 e. The number of nitrogens with one attached hydrogen (secondary N) is 1. The second-order valence-electron chi connectivity index (χ2n) is 4.65. The van der Waals surface area contributed by atoms with E-state index in [1.165, 1.54) is 12.1 Å². The molecule has 1 saturated heterocycles. The number of rotatable bonds is 3. The van der Waals surface area contributed by atoms with Crippen LogP contribution in [0.4, 0.5) is 8.78 Å². The molecule has 1 aliphatic rings. The lowest BCUT2D eigenvalue weighted by molar-refractivity contribution is 0.355. The van der Waals surface area contributed by atoms with Crippen LogP contribution in [0.1, 0.15) is 29.6 Å².